The lowest BCUT2D eigenvalue weighted by molar-refractivity contribution is 0.0821. The molecular formula is C12H15BrN6O. The van der Waals surface area contributed by atoms with Gasteiger partial charge in [0, 0.05) is 26.8 Å². The van der Waals surface area contributed by atoms with Crippen LogP contribution in [0.25, 0.3) is 5.82 Å². The van der Waals surface area contributed by atoms with Gasteiger partial charge in [-0.3, -0.25) is 4.79 Å². The maximum atomic E-state index is 11.8. The Labute approximate surface area is 125 Å². The highest BCUT2D eigenvalue weighted by Crippen LogP contribution is 2.25. The van der Waals surface area contributed by atoms with E-state index < -0.39 is 0 Å². The fourth-order valence-corrected chi connectivity index (χ4v) is 2.12. The summed E-state index contributed by atoms with van der Waals surface area (Å²) in [6.07, 6.45) is 3.15. The second-order valence-corrected chi connectivity index (χ2v) is 5.03. The molecule has 0 fully saturated rings. The van der Waals surface area contributed by atoms with E-state index in [0.29, 0.717) is 21.8 Å². The summed E-state index contributed by atoms with van der Waals surface area (Å²) >= 11 is 3.45. The molecule has 0 bridgehead atoms. The average molecular weight is 339 g/mol. The van der Waals surface area contributed by atoms with Gasteiger partial charge in [0.25, 0.3) is 5.91 Å². The van der Waals surface area contributed by atoms with E-state index >= 15 is 0 Å². The van der Waals surface area contributed by atoms with Gasteiger partial charge < -0.3 is 10.2 Å². The van der Waals surface area contributed by atoms with E-state index in [1.807, 2.05) is 6.92 Å². The highest BCUT2D eigenvalue weighted by molar-refractivity contribution is 9.10. The van der Waals surface area contributed by atoms with Gasteiger partial charge in [0.1, 0.15) is 16.6 Å². The van der Waals surface area contributed by atoms with Crippen molar-refractivity contribution in [3.63, 3.8) is 0 Å². The number of rotatable bonds is 4. The molecule has 8 heteroatoms. The second-order valence-electron chi connectivity index (χ2n) is 4.24. The largest absolute Gasteiger partial charge is 0.369 e. The van der Waals surface area contributed by atoms with Gasteiger partial charge in [0.05, 0.1) is 0 Å². The molecule has 0 saturated heterocycles. The molecule has 1 amide bonds. The molecule has 2 aromatic rings. The molecule has 0 spiro atoms. The standard InChI is InChI=1S/C12H15BrN6O/c1-4-14-10-9(13)11(16-7-15-10)19-6-5-8(17-19)12(20)18(2)3/h5-7H,4H2,1-3H3,(H,14,15,16). The van der Waals surface area contributed by atoms with Gasteiger partial charge in [-0.15, -0.1) is 0 Å². The molecule has 0 aliphatic heterocycles. The van der Waals surface area contributed by atoms with Gasteiger partial charge in [0.15, 0.2) is 11.5 Å². The van der Waals surface area contributed by atoms with Crippen molar-refractivity contribution in [1.29, 1.82) is 0 Å². The van der Waals surface area contributed by atoms with Gasteiger partial charge >= 0.3 is 0 Å². The van der Waals surface area contributed by atoms with Crippen molar-refractivity contribution < 1.29 is 4.79 Å². The third-order valence-corrected chi connectivity index (χ3v) is 3.28. The number of amides is 1. The third kappa shape index (κ3) is 2.79. The van der Waals surface area contributed by atoms with E-state index in [4.69, 9.17) is 0 Å². The number of carbonyl (C=O) groups excluding carboxylic acids is 1. The zero-order chi connectivity index (χ0) is 14.7. The normalized spacial score (nSPS) is 10.4. The summed E-state index contributed by atoms with van der Waals surface area (Å²) in [6.45, 7) is 2.73. The van der Waals surface area contributed by atoms with Gasteiger partial charge in [-0.2, -0.15) is 5.10 Å². The number of halogens is 1. The molecule has 1 N–H and O–H groups in total. The maximum absolute atomic E-state index is 11.8. The Balaban J connectivity index is 2.38. The first-order valence-electron chi connectivity index (χ1n) is 6.06. The highest BCUT2D eigenvalue weighted by Gasteiger charge is 2.15. The number of nitrogens with one attached hydrogen (secondary N) is 1. The maximum Gasteiger partial charge on any atom is 0.273 e. The number of aromatic nitrogens is 4. The van der Waals surface area contributed by atoms with Crippen LogP contribution in [0.4, 0.5) is 5.82 Å². The topological polar surface area (TPSA) is 75.9 Å². The Morgan fingerprint density at radius 3 is 2.85 bits per heavy atom. The lowest BCUT2D eigenvalue weighted by Crippen LogP contribution is -2.22. The summed E-state index contributed by atoms with van der Waals surface area (Å²) in [5.74, 6) is 1.11. The van der Waals surface area contributed by atoms with Gasteiger partial charge in [0.2, 0.25) is 0 Å². The molecule has 7 nitrogen and oxygen atoms in total. The Kier molecular flexibility index (Phi) is 4.33. The summed E-state index contributed by atoms with van der Waals surface area (Å²) in [7, 11) is 3.37. The SMILES string of the molecule is CCNc1ncnc(-n2ccc(C(=O)N(C)C)n2)c1Br. The van der Waals surface area contributed by atoms with Gasteiger partial charge in [-0.25, -0.2) is 14.6 Å². The van der Waals surface area contributed by atoms with Crippen LogP contribution in [0.2, 0.25) is 0 Å². The van der Waals surface area contributed by atoms with Gasteiger partial charge in [-0.1, -0.05) is 0 Å². The van der Waals surface area contributed by atoms with Crippen LogP contribution in [0.1, 0.15) is 17.4 Å². The van der Waals surface area contributed by atoms with Crippen LogP contribution in [0.15, 0.2) is 23.1 Å². The molecule has 2 aromatic heterocycles. The Morgan fingerprint density at radius 2 is 2.20 bits per heavy atom. The predicted molar refractivity (Wildman–Crippen MR) is 79.0 cm³/mol. The molecule has 0 radical (unpaired) electrons. The number of hydrogen-bond donors (Lipinski definition) is 1. The predicted octanol–water partition coefficient (Wildman–Crippen LogP) is 1.56. The van der Waals surface area contributed by atoms with Crippen molar-refractivity contribution in [3.8, 4) is 5.82 Å². The first-order chi connectivity index (χ1) is 9.54. The quantitative estimate of drug-likeness (QED) is 0.915. The molecule has 20 heavy (non-hydrogen) atoms. The molecule has 0 unspecified atom stereocenters. The van der Waals surface area contributed by atoms with Crippen LogP contribution in [-0.2, 0) is 0 Å². The fraction of sp³-hybridized carbons (Fsp3) is 0.333. The Morgan fingerprint density at radius 1 is 1.45 bits per heavy atom. The van der Waals surface area contributed by atoms with Crippen molar-refractivity contribution in [2.24, 2.45) is 0 Å². The molecule has 0 saturated carbocycles. The van der Waals surface area contributed by atoms with E-state index in [9.17, 15) is 4.79 Å². The van der Waals surface area contributed by atoms with Gasteiger partial charge in [-0.05, 0) is 28.9 Å². The highest BCUT2D eigenvalue weighted by atomic mass is 79.9. The zero-order valence-electron chi connectivity index (χ0n) is 11.5. The molecule has 2 heterocycles. The van der Waals surface area contributed by atoms with E-state index in [0.717, 1.165) is 6.54 Å². The van der Waals surface area contributed by atoms with Crippen LogP contribution in [-0.4, -0.2) is 51.2 Å². The summed E-state index contributed by atoms with van der Waals surface area (Å²) in [5, 5.41) is 7.36. The van der Waals surface area contributed by atoms with Crippen LogP contribution in [0, 0.1) is 0 Å². The third-order valence-electron chi connectivity index (χ3n) is 2.55. The van der Waals surface area contributed by atoms with E-state index in [2.05, 4.69) is 36.3 Å². The summed E-state index contributed by atoms with van der Waals surface area (Å²) in [4.78, 5) is 21.6. The van der Waals surface area contributed by atoms with Crippen molar-refractivity contribution in [3.05, 3.63) is 28.8 Å². The Bertz CT molecular complexity index is 624. The number of hydrogen-bond acceptors (Lipinski definition) is 5. The lowest BCUT2D eigenvalue weighted by atomic mass is 10.4. The summed E-state index contributed by atoms with van der Waals surface area (Å²) in [5.41, 5.74) is 0.366. The molecule has 0 aromatic carbocycles. The minimum Gasteiger partial charge on any atom is -0.369 e. The lowest BCUT2D eigenvalue weighted by Gasteiger charge is -2.09. The molecule has 0 aliphatic carbocycles. The summed E-state index contributed by atoms with van der Waals surface area (Å²) < 4.78 is 2.25. The van der Waals surface area contributed by atoms with Crippen LogP contribution in [0.5, 0.6) is 0 Å². The molecule has 2 rings (SSSR count). The van der Waals surface area contributed by atoms with E-state index in [-0.39, 0.29) is 5.91 Å². The Hall–Kier alpha value is -1.96. The van der Waals surface area contributed by atoms with Crippen molar-refractivity contribution in [2.75, 3.05) is 26.0 Å². The van der Waals surface area contributed by atoms with Crippen LogP contribution >= 0.6 is 15.9 Å². The zero-order valence-corrected chi connectivity index (χ0v) is 13.0. The minimum atomic E-state index is -0.152. The van der Waals surface area contributed by atoms with Crippen molar-refractivity contribution in [1.82, 2.24) is 24.6 Å². The molecule has 0 aliphatic rings. The first kappa shape index (κ1) is 14.4. The van der Waals surface area contributed by atoms with E-state index in [1.165, 1.54) is 11.2 Å². The number of anilines is 1. The average Bonchev–Trinajstić information content (AvgIpc) is 2.89. The minimum absolute atomic E-state index is 0.152. The first-order valence-corrected chi connectivity index (χ1v) is 6.86. The molecule has 0 atom stereocenters. The van der Waals surface area contributed by atoms with Crippen LogP contribution in [0.3, 0.4) is 0 Å². The number of carbonyl (C=O) groups is 1. The fourth-order valence-electron chi connectivity index (χ4n) is 1.60. The summed E-state index contributed by atoms with van der Waals surface area (Å²) in [6, 6.07) is 1.66. The second kappa shape index (κ2) is 6.00. The molecular weight excluding hydrogens is 324 g/mol. The smallest absolute Gasteiger partial charge is 0.273 e. The van der Waals surface area contributed by atoms with Crippen molar-refractivity contribution in [2.45, 2.75) is 6.92 Å². The number of nitrogens with zero attached hydrogens (tertiary/aromatic N) is 5. The monoisotopic (exact) mass is 338 g/mol. The van der Waals surface area contributed by atoms with E-state index in [1.54, 1.807) is 31.0 Å². The van der Waals surface area contributed by atoms with Crippen molar-refractivity contribution >= 4 is 27.7 Å². The van der Waals surface area contributed by atoms with Crippen LogP contribution < -0.4 is 5.32 Å². The molecule has 106 valence electrons.